The summed E-state index contributed by atoms with van der Waals surface area (Å²) >= 11 is 0. The predicted octanol–water partition coefficient (Wildman–Crippen LogP) is 4.08. The lowest BCUT2D eigenvalue weighted by Gasteiger charge is -2.38. The molecule has 0 fully saturated rings. The van der Waals surface area contributed by atoms with E-state index in [1.807, 2.05) is 0 Å². The predicted molar refractivity (Wildman–Crippen MR) is 55.6 cm³/mol. The molecule has 0 amide bonds. The van der Waals surface area contributed by atoms with Crippen molar-refractivity contribution in [3.05, 3.63) is 10.4 Å². The minimum absolute atomic E-state index is 0.146. The lowest BCUT2D eigenvalue weighted by molar-refractivity contribution is 0.688. The van der Waals surface area contributed by atoms with E-state index in [4.69, 9.17) is 5.53 Å². The van der Waals surface area contributed by atoms with Gasteiger partial charge in [0.15, 0.2) is 8.24 Å². The van der Waals surface area contributed by atoms with Crippen molar-refractivity contribution in [3.63, 3.8) is 0 Å². The third-order valence-corrected chi connectivity index (χ3v) is 8.69. The minimum atomic E-state index is -1.82. The van der Waals surface area contributed by atoms with Gasteiger partial charge in [0.25, 0.3) is 0 Å². The normalized spacial score (nSPS) is 16.9. The summed E-state index contributed by atoms with van der Waals surface area (Å²) in [6.07, 6.45) is 0. The van der Waals surface area contributed by atoms with Crippen LogP contribution in [0.5, 0.6) is 0 Å². The maximum atomic E-state index is 8.51. The third-order valence-electron chi connectivity index (χ3n) is 2.90. The van der Waals surface area contributed by atoms with Gasteiger partial charge in [0, 0.05) is 0 Å². The molecule has 0 bridgehead atoms. The minimum Gasteiger partial charge on any atom is -0.123 e. The fourth-order valence-corrected chi connectivity index (χ4v) is 3.67. The molecule has 0 rings (SSSR count). The van der Waals surface area contributed by atoms with E-state index in [-0.39, 0.29) is 5.04 Å². The highest BCUT2D eigenvalue weighted by molar-refractivity contribution is 6.80. The summed E-state index contributed by atoms with van der Waals surface area (Å²) in [6.45, 7) is 12.9. The van der Waals surface area contributed by atoms with Crippen molar-refractivity contribution in [1.82, 2.24) is 0 Å². The van der Waals surface area contributed by atoms with Crippen molar-refractivity contribution in [2.45, 2.75) is 51.7 Å². The van der Waals surface area contributed by atoms with Crippen molar-refractivity contribution in [3.8, 4) is 0 Å². The van der Waals surface area contributed by atoms with E-state index in [9.17, 15) is 0 Å². The maximum absolute atomic E-state index is 8.51. The highest BCUT2D eigenvalue weighted by Gasteiger charge is 2.42. The topological polar surface area (TPSA) is 48.8 Å². The Bertz CT molecular complexity index is 201. The zero-order chi connectivity index (χ0) is 9.99. The molecular formula is C8H19N3Si. The van der Waals surface area contributed by atoms with Gasteiger partial charge in [-0.3, -0.25) is 0 Å². The van der Waals surface area contributed by atoms with E-state index in [1.165, 1.54) is 0 Å². The molecule has 0 aromatic heterocycles. The lowest BCUT2D eigenvalue weighted by atomic mass is 10.2. The van der Waals surface area contributed by atoms with E-state index in [2.05, 4.69) is 50.9 Å². The molecule has 0 heterocycles. The molecule has 1 atom stereocenters. The third kappa shape index (κ3) is 2.02. The quantitative estimate of drug-likeness (QED) is 0.269. The summed E-state index contributed by atoms with van der Waals surface area (Å²) < 4.78 is 4.05. The smallest absolute Gasteiger partial charge is 0.123 e. The van der Waals surface area contributed by atoms with Crippen LogP contribution in [-0.4, -0.2) is 8.24 Å². The van der Waals surface area contributed by atoms with E-state index < -0.39 is 8.24 Å². The monoisotopic (exact) mass is 185 g/mol. The Morgan fingerprint density at radius 2 is 1.75 bits per heavy atom. The van der Waals surface area contributed by atoms with Crippen LogP contribution in [0, 0.1) is 0 Å². The zero-order valence-corrected chi connectivity index (χ0v) is 9.92. The molecule has 0 aliphatic rings. The Hall–Kier alpha value is -0.473. The largest absolute Gasteiger partial charge is 0.160 e. The van der Waals surface area contributed by atoms with Crippen molar-refractivity contribution >= 4 is 8.24 Å². The number of azide groups is 1. The van der Waals surface area contributed by atoms with Crippen LogP contribution in [-0.2, 0) is 0 Å². The maximum Gasteiger partial charge on any atom is 0.160 e. The van der Waals surface area contributed by atoms with Crippen LogP contribution in [0.15, 0.2) is 4.78 Å². The summed E-state index contributed by atoms with van der Waals surface area (Å²) in [6, 6.07) is 0. The summed E-state index contributed by atoms with van der Waals surface area (Å²) in [5.74, 6) is 0. The summed E-state index contributed by atoms with van der Waals surface area (Å²) in [5, 5.41) is 0.146. The first-order valence-electron chi connectivity index (χ1n) is 4.32. The van der Waals surface area contributed by atoms with Crippen molar-refractivity contribution in [2.75, 3.05) is 0 Å². The van der Waals surface area contributed by atoms with Crippen LogP contribution in [0.2, 0.25) is 17.1 Å². The molecule has 0 aliphatic carbocycles. The van der Waals surface area contributed by atoms with E-state index in [0.29, 0.717) is 5.54 Å². The molecule has 70 valence electrons. The molecule has 0 aliphatic heterocycles. The SMILES string of the molecule is CC(C)[Si](C)(N=[N+]=[N-])C(C)(C)C. The van der Waals surface area contributed by atoms with E-state index >= 15 is 0 Å². The Kier molecular flexibility index (Phi) is 3.36. The van der Waals surface area contributed by atoms with Gasteiger partial charge in [0.05, 0.1) is 0 Å². The van der Waals surface area contributed by atoms with Gasteiger partial charge in [-0.15, -0.1) is 4.78 Å². The highest BCUT2D eigenvalue weighted by atomic mass is 28.3. The number of rotatable bonds is 2. The Balaban J connectivity index is 5.01. The lowest BCUT2D eigenvalue weighted by Crippen LogP contribution is -2.41. The van der Waals surface area contributed by atoms with Crippen molar-refractivity contribution in [1.29, 1.82) is 0 Å². The Morgan fingerprint density at radius 1 is 1.33 bits per heavy atom. The second-order valence-electron chi connectivity index (χ2n) is 4.74. The van der Waals surface area contributed by atoms with Gasteiger partial charge in [-0.05, 0) is 21.0 Å². The van der Waals surface area contributed by atoms with Crippen LogP contribution >= 0.6 is 0 Å². The van der Waals surface area contributed by atoms with E-state index in [1.54, 1.807) is 0 Å². The van der Waals surface area contributed by atoms with Crippen LogP contribution in [0.3, 0.4) is 0 Å². The van der Waals surface area contributed by atoms with Crippen LogP contribution < -0.4 is 0 Å². The summed E-state index contributed by atoms with van der Waals surface area (Å²) in [4.78, 5) is 2.98. The molecule has 0 saturated heterocycles. The fourth-order valence-electron chi connectivity index (χ4n) is 1.22. The van der Waals surface area contributed by atoms with E-state index in [0.717, 1.165) is 0 Å². The van der Waals surface area contributed by atoms with Gasteiger partial charge in [0.2, 0.25) is 0 Å². The number of hydrogen-bond acceptors (Lipinski definition) is 1. The Labute approximate surface area is 75.9 Å². The number of nitrogens with zero attached hydrogens (tertiary/aromatic N) is 3. The molecule has 0 spiro atoms. The highest BCUT2D eigenvalue weighted by Crippen LogP contribution is 2.44. The molecule has 1 unspecified atom stereocenters. The van der Waals surface area contributed by atoms with Gasteiger partial charge in [-0.25, -0.2) is 0 Å². The fraction of sp³-hybridized carbons (Fsp3) is 1.00. The molecule has 12 heavy (non-hydrogen) atoms. The van der Waals surface area contributed by atoms with Gasteiger partial charge < -0.3 is 0 Å². The van der Waals surface area contributed by atoms with Crippen LogP contribution in [0.25, 0.3) is 10.4 Å². The summed E-state index contributed by atoms with van der Waals surface area (Å²) in [5.41, 5.74) is 9.00. The molecular weight excluding hydrogens is 166 g/mol. The second kappa shape index (κ2) is 3.50. The average molecular weight is 185 g/mol. The first-order valence-corrected chi connectivity index (χ1v) is 6.84. The molecule has 3 nitrogen and oxygen atoms in total. The Morgan fingerprint density at radius 3 is 1.83 bits per heavy atom. The molecule has 0 aromatic rings. The standard InChI is InChI=1S/C8H19N3Si/c1-7(2)12(6,11-10-9)8(3,4)5/h7H,1-6H3. The zero-order valence-electron chi connectivity index (χ0n) is 8.92. The first-order chi connectivity index (χ1) is 5.25. The van der Waals surface area contributed by atoms with Gasteiger partial charge in [-0.2, -0.15) is 0 Å². The van der Waals surface area contributed by atoms with Crippen molar-refractivity contribution < 1.29 is 0 Å². The van der Waals surface area contributed by atoms with Crippen LogP contribution in [0.1, 0.15) is 34.6 Å². The average Bonchev–Trinajstić information content (AvgIpc) is 1.85. The second-order valence-corrected chi connectivity index (χ2v) is 9.89. The van der Waals surface area contributed by atoms with Gasteiger partial charge in [-0.1, -0.05) is 41.2 Å². The molecule has 0 radical (unpaired) electrons. The summed E-state index contributed by atoms with van der Waals surface area (Å²) in [7, 11) is -1.82. The molecule has 0 saturated carbocycles. The van der Waals surface area contributed by atoms with Gasteiger partial charge in [0.1, 0.15) is 0 Å². The molecule has 4 heteroatoms. The van der Waals surface area contributed by atoms with Gasteiger partial charge >= 0.3 is 0 Å². The van der Waals surface area contributed by atoms with Crippen molar-refractivity contribution in [2.24, 2.45) is 4.78 Å². The van der Waals surface area contributed by atoms with Crippen LogP contribution in [0.4, 0.5) is 0 Å². The number of hydrogen-bond donors (Lipinski definition) is 0. The first kappa shape index (κ1) is 11.5. The molecule has 0 aromatic carbocycles. The molecule has 0 N–H and O–H groups in total.